The van der Waals surface area contributed by atoms with E-state index >= 15 is 0 Å². The Bertz CT molecular complexity index is 3890. The Morgan fingerprint density at radius 2 is 0.932 bits per heavy atom. The Morgan fingerprint density at radius 1 is 0.500 bits per heavy atom. The van der Waals surface area contributed by atoms with Crippen LogP contribution in [0.25, 0.3) is 89.1 Å². The molecule has 0 aliphatic heterocycles. The third-order valence-electron chi connectivity index (χ3n) is 14.2. The van der Waals surface area contributed by atoms with Gasteiger partial charge in [-0.15, -0.1) is 47.5 Å². The number of hydrogen-bond acceptors (Lipinski definition) is 3. The second kappa shape index (κ2) is 21.5. The van der Waals surface area contributed by atoms with Crippen molar-refractivity contribution >= 4 is 43.6 Å². The summed E-state index contributed by atoms with van der Waals surface area (Å²) in [5.41, 5.74) is 18.7. The molecule has 0 N–H and O–H groups in total. The van der Waals surface area contributed by atoms with E-state index in [4.69, 9.17) is 14.7 Å². The van der Waals surface area contributed by atoms with Crippen LogP contribution in [0.2, 0.25) is 0 Å². The first-order valence-corrected chi connectivity index (χ1v) is 25.6. The van der Waals surface area contributed by atoms with Crippen molar-refractivity contribution in [3.05, 3.63) is 228 Å². The van der Waals surface area contributed by atoms with Gasteiger partial charge < -0.3 is 23.0 Å². The SMILES string of the molecule is CCCC(CC)OCc1cc(C)c(-n2ccnc2-c2[c-]cc3c(c2)c2ccccc2n3-c2ccccc2)c(C)c1.Cc1cc(C)c(-n2ccnc2-c2[c-]cc3c(c2)c2ccccc2n3-c2ccccc2)c(C)c1.[Ir]. The van der Waals surface area contributed by atoms with Gasteiger partial charge in [0, 0.05) is 78.7 Å². The number of aromatic nitrogens is 6. The van der Waals surface area contributed by atoms with Gasteiger partial charge in [0.1, 0.15) is 0 Å². The number of ether oxygens (including phenoxy) is 1. The first-order valence-electron chi connectivity index (χ1n) is 25.6. The molecule has 1 atom stereocenters. The minimum Gasteiger partial charge on any atom is -0.374 e. The van der Waals surface area contributed by atoms with E-state index in [0.717, 1.165) is 70.1 Å². The summed E-state index contributed by atoms with van der Waals surface area (Å²) >= 11 is 0. The van der Waals surface area contributed by atoms with Crippen LogP contribution in [0.1, 0.15) is 66.5 Å². The fourth-order valence-corrected chi connectivity index (χ4v) is 11.2. The molecule has 12 aromatic rings. The van der Waals surface area contributed by atoms with Crippen LogP contribution < -0.4 is 0 Å². The van der Waals surface area contributed by atoms with Crippen molar-refractivity contribution in [2.45, 2.75) is 80.4 Å². The molecule has 4 heterocycles. The number of benzene rings is 8. The molecule has 4 aromatic heterocycles. The summed E-state index contributed by atoms with van der Waals surface area (Å²) in [6.07, 6.45) is 11.5. The predicted octanol–water partition coefficient (Wildman–Crippen LogP) is 16.5. The van der Waals surface area contributed by atoms with Gasteiger partial charge in [-0.3, -0.25) is 9.97 Å². The van der Waals surface area contributed by atoms with Crippen LogP contribution in [0.4, 0.5) is 0 Å². The average molecular weight is 1150 g/mol. The molecule has 8 aromatic carbocycles. The van der Waals surface area contributed by atoms with Crippen LogP contribution in [0, 0.1) is 46.8 Å². The maximum Gasteiger partial charge on any atom is 0.0720 e. The largest absolute Gasteiger partial charge is 0.374 e. The third kappa shape index (κ3) is 9.35. The quantitative estimate of drug-likeness (QED) is 0.115. The molecule has 8 heteroatoms. The van der Waals surface area contributed by atoms with E-state index in [9.17, 15) is 0 Å². The summed E-state index contributed by atoms with van der Waals surface area (Å²) in [5, 5.41) is 4.85. The van der Waals surface area contributed by atoms with E-state index in [0.29, 0.717) is 12.7 Å². The number of aryl methyl sites for hydroxylation is 5. The van der Waals surface area contributed by atoms with Crippen molar-refractivity contribution in [1.29, 1.82) is 0 Å². The Kier molecular flexibility index (Phi) is 14.5. The van der Waals surface area contributed by atoms with Crippen LogP contribution in [0.3, 0.4) is 0 Å². The zero-order valence-electron chi connectivity index (χ0n) is 43.2. The molecule has 1 radical (unpaired) electrons. The van der Waals surface area contributed by atoms with Crippen molar-refractivity contribution in [3.8, 4) is 45.5 Å². The number of fused-ring (bicyclic) bond motifs is 6. The fraction of sp³-hybridized carbons (Fsp3) is 0.182. The number of hydrogen-bond donors (Lipinski definition) is 0. The van der Waals surface area contributed by atoms with E-state index in [1.807, 2.05) is 18.6 Å². The van der Waals surface area contributed by atoms with Crippen molar-refractivity contribution in [3.63, 3.8) is 0 Å². The molecule has 0 aliphatic rings. The first kappa shape index (κ1) is 49.9. The summed E-state index contributed by atoms with van der Waals surface area (Å²) in [6, 6.07) is 63.0. The molecule has 0 amide bonds. The Morgan fingerprint density at radius 3 is 1.38 bits per heavy atom. The van der Waals surface area contributed by atoms with Gasteiger partial charge in [0.25, 0.3) is 0 Å². The molecule has 0 saturated carbocycles. The normalized spacial score (nSPS) is 11.8. The molecule has 0 bridgehead atoms. The third-order valence-corrected chi connectivity index (χ3v) is 14.2. The molecule has 74 heavy (non-hydrogen) atoms. The monoisotopic (exact) mass is 1150 g/mol. The van der Waals surface area contributed by atoms with Crippen molar-refractivity contribution < 1.29 is 24.8 Å². The molecule has 0 fully saturated rings. The second-order valence-corrected chi connectivity index (χ2v) is 19.4. The summed E-state index contributed by atoms with van der Waals surface area (Å²) in [4.78, 5) is 9.55. The molecule has 12 rings (SSSR count). The zero-order valence-corrected chi connectivity index (χ0v) is 45.5. The van der Waals surface area contributed by atoms with E-state index in [-0.39, 0.29) is 20.1 Å². The maximum absolute atomic E-state index is 6.24. The molecule has 0 saturated heterocycles. The van der Waals surface area contributed by atoms with Crippen molar-refractivity contribution in [1.82, 2.24) is 28.2 Å². The Hall–Kier alpha value is -7.61. The number of nitrogens with zero attached hydrogens (tertiary/aromatic N) is 6. The first-order chi connectivity index (χ1) is 35.7. The van der Waals surface area contributed by atoms with Crippen LogP contribution in [-0.4, -0.2) is 34.3 Å². The summed E-state index contributed by atoms with van der Waals surface area (Å²) in [7, 11) is 0. The van der Waals surface area contributed by atoms with E-state index < -0.39 is 0 Å². The standard InChI is InChI=1S/C36H36N3O.C30H24N3.Ir/c1-5-12-30(6-2)40-24-27-21-25(3)35(26(4)22-27)38-20-19-37-36(38)28-17-18-34-32(23-28)31-15-10-11-16-33(31)39(34)29-13-8-7-9-14-29;1-20-17-21(2)29(22(3)18-20)32-16-15-31-30(32)23-13-14-28-26(19-23)25-11-7-8-12-27(25)33(28)24-9-5-4-6-10-24;/h7-11,13-16,18-23,30H,5-6,12,24H2,1-4H3;4-12,14-19H,1-3H3;/q2*-1;. The predicted molar refractivity (Wildman–Crippen MR) is 302 cm³/mol. The van der Waals surface area contributed by atoms with Crippen molar-refractivity contribution in [2.75, 3.05) is 0 Å². The fourth-order valence-electron chi connectivity index (χ4n) is 11.2. The molecule has 371 valence electrons. The van der Waals surface area contributed by atoms with Crippen molar-refractivity contribution in [2.24, 2.45) is 0 Å². The van der Waals surface area contributed by atoms with Gasteiger partial charge >= 0.3 is 0 Å². The van der Waals surface area contributed by atoms with Gasteiger partial charge in [-0.05, 0) is 133 Å². The number of para-hydroxylation sites is 4. The maximum atomic E-state index is 6.24. The van der Waals surface area contributed by atoms with Crippen LogP contribution >= 0.6 is 0 Å². The molecular formula is C66H60IrN6O-2. The summed E-state index contributed by atoms with van der Waals surface area (Å²) < 4.78 is 15.3. The van der Waals surface area contributed by atoms with Gasteiger partial charge in [0.05, 0.1) is 24.4 Å². The van der Waals surface area contributed by atoms with E-state index in [2.05, 4.69) is 243 Å². The van der Waals surface area contributed by atoms with Gasteiger partial charge in [-0.2, -0.15) is 0 Å². The Balaban J connectivity index is 0.000000170. The summed E-state index contributed by atoms with van der Waals surface area (Å²) in [6.45, 7) is 15.9. The second-order valence-electron chi connectivity index (χ2n) is 19.4. The number of imidazole rings is 2. The molecular weight excluding hydrogens is 1080 g/mol. The number of rotatable bonds is 12. The Labute approximate surface area is 448 Å². The van der Waals surface area contributed by atoms with E-state index in [1.165, 1.54) is 71.6 Å². The molecule has 1 unspecified atom stereocenters. The van der Waals surface area contributed by atoms with E-state index in [1.54, 1.807) is 0 Å². The van der Waals surface area contributed by atoms with Gasteiger partial charge in [0.15, 0.2) is 0 Å². The van der Waals surface area contributed by atoms with Gasteiger partial charge in [0.2, 0.25) is 0 Å². The van der Waals surface area contributed by atoms with Crippen LogP contribution in [-0.2, 0) is 31.4 Å². The van der Waals surface area contributed by atoms with Gasteiger partial charge in [-0.25, -0.2) is 0 Å². The molecule has 7 nitrogen and oxygen atoms in total. The van der Waals surface area contributed by atoms with Gasteiger partial charge in [-0.1, -0.05) is 134 Å². The smallest absolute Gasteiger partial charge is 0.0720 e. The minimum atomic E-state index is 0. The zero-order chi connectivity index (χ0) is 50.2. The molecule has 0 spiro atoms. The average Bonchev–Trinajstić information content (AvgIpc) is 4.22. The topological polar surface area (TPSA) is 54.7 Å². The van der Waals surface area contributed by atoms with Crippen LogP contribution in [0.15, 0.2) is 183 Å². The summed E-state index contributed by atoms with van der Waals surface area (Å²) in [5.74, 6) is 1.80. The van der Waals surface area contributed by atoms with Crippen LogP contribution in [0.5, 0.6) is 0 Å². The minimum absolute atomic E-state index is 0. The molecule has 0 aliphatic carbocycles.